The summed E-state index contributed by atoms with van der Waals surface area (Å²) in [5, 5.41) is 0. The van der Waals surface area contributed by atoms with E-state index >= 15 is 0 Å². The average molecular weight is 502 g/mol. The van der Waals surface area contributed by atoms with Crippen molar-refractivity contribution in [1.29, 1.82) is 0 Å². The molecule has 0 nitrogen and oxygen atoms in total. The summed E-state index contributed by atoms with van der Waals surface area (Å²) in [7, 11) is 0. The normalized spacial score (nSPS) is 10.1. The van der Waals surface area contributed by atoms with Gasteiger partial charge in [0.15, 0.2) is 0 Å². The van der Waals surface area contributed by atoms with Crippen molar-refractivity contribution in [3.63, 3.8) is 0 Å². The largest absolute Gasteiger partial charge is 0.207 e. The molecule has 4 rings (SSSR count). The van der Waals surface area contributed by atoms with Gasteiger partial charge in [0.2, 0.25) is 0 Å². The fraction of sp³-hybridized carbons (Fsp3) is 0. The molecule has 0 aromatic heterocycles. The highest BCUT2D eigenvalue weighted by Crippen LogP contribution is 2.23. The van der Waals surface area contributed by atoms with Crippen LogP contribution in [0.15, 0.2) is 106 Å². The van der Waals surface area contributed by atoms with E-state index in [1.54, 1.807) is 24.3 Å². The van der Waals surface area contributed by atoms with Gasteiger partial charge in [0.1, 0.15) is 11.6 Å². The molecule has 0 heterocycles. The Hall–Kier alpha value is -2.30. The Kier molecular flexibility index (Phi) is 7.12. The van der Waals surface area contributed by atoms with Crippen LogP contribution in [-0.2, 0) is 0 Å². The van der Waals surface area contributed by atoms with E-state index in [4.69, 9.17) is 0 Å². The van der Waals surface area contributed by atoms with Crippen molar-refractivity contribution in [2.24, 2.45) is 0 Å². The predicted molar refractivity (Wildman–Crippen MR) is 119 cm³/mol. The van der Waals surface area contributed by atoms with E-state index in [2.05, 4.69) is 80.4 Å². The molecule has 0 radical (unpaired) electrons. The zero-order valence-electron chi connectivity index (χ0n) is 14.7. The molecular formula is C24H16Br2F2. The van der Waals surface area contributed by atoms with Gasteiger partial charge in [-0.15, -0.1) is 0 Å². The van der Waals surface area contributed by atoms with Crippen LogP contribution in [0.1, 0.15) is 0 Å². The minimum Gasteiger partial charge on any atom is -0.207 e. The summed E-state index contributed by atoms with van der Waals surface area (Å²) in [5.74, 6) is -0.535. The van der Waals surface area contributed by atoms with Crippen molar-refractivity contribution in [2.45, 2.75) is 0 Å². The number of benzene rings is 4. The molecule has 0 bridgehead atoms. The minimum atomic E-state index is -0.268. The molecule has 0 unspecified atom stereocenters. The van der Waals surface area contributed by atoms with Gasteiger partial charge in [0.05, 0.1) is 0 Å². The second-order valence-corrected chi connectivity index (χ2v) is 7.86. The zero-order chi connectivity index (χ0) is 19.9. The fourth-order valence-corrected chi connectivity index (χ4v) is 3.10. The SMILES string of the molecule is Brc1ccc(-c2ccc(Br)cc2)cc1.Fc1ccc(-c2ccc(F)cc2)cc1. The Morgan fingerprint density at radius 3 is 0.821 bits per heavy atom. The van der Waals surface area contributed by atoms with Gasteiger partial charge in [-0.1, -0.05) is 80.4 Å². The van der Waals surface area contributed by atoms with E-state index in [0.717, 1.165) is 20.1 Å². The lowest BCUT2D eigenvalue weighted by atomic mass is 10.1. The number of halogens is 4. The third-order valence-corrected chi connectivity index (χ3v) is 5.10. The summed E-state index contributed by atoms with van der Waals surface area (Å²) < 4.78 is 27.4. The third-order valence-electron chi connectivity index (χ3n) is 4.04. The van der Waals surface area contributed by atoms with E-state index in [-0.39, 0.29) is 11.6 Å². The van der Waals surface area contributed by atoms with Crippen molar-refractivity contribution in [3.05, 3.63) is 118 Å². The summed E-state index contributed by atoms with van der Waals surface area (Å²) >= 11 is 6.84. The summed E-state index contributed by atoms with van der Waals surface area (Å²) in [6, 6.07) is 28.9. The fourth-order valence-electron chi connectivity index (χ4n) is 2.57. The van der Waals surface area contributed by atoms with Crippen molar-refractivity contribution < 1.29 is 8.78 Å². The number of hydrogen-bond acceptors (Lipinski definition) is 0. The molecule has 0 aliphatic carbocycles. The van der Waals surface area contributed by atoms with Crippen LogP contribution in [0.4, 0.5) is 8.78 Å². The van der Waals surface area contributed by atoms with Gasteiger partial charge in [-0.2, -0.15) is 0 Å². The quantitative estimate of drug-likeness (QED) is 0.258. The van der Waals surface area contributed by atoms with Gasteiger partial charge >= 0.3 is 0 Å². The first-order valence-electron chi connectivity index (χ1n) is 8.54. The molecule has 0 N–H and O–H groups in total. The maximum absolute atomic E-state index is 12.6. The molecule has 0 spiro atoms. The van der Waals surface area contributed by atoms with Gasteiger partial charge < -0.3 is 0 Å². The molecule has 4 aromatic carbocycles. The Balaban J connectivity index is 0.000000161. The number of hydrogen-bond donors (Lipinski definition) is 0. The standard InChI is InChI=1S/C12H8Br2.C12H8F2/c2*13-11-5-1-9(2-6-11)10-3-7-12(14)8-4-10/h2*1-8H. The summed E-state index contributed by atoms with van der Waals surface area (Å²) in [6.45, 7) is 0. The Morgan fingerprint density at radius 1 is 0.357 bits per heavy atom. The predicted octanol–water partition coefficient (Wildman–Crippen LogP) is 8.51. The van der Waals surface area contributed by atoms with Crippen LogP contribution in [0.25, 0.3) is 22.3 Å². The van der Waals surface area contributed by atoms with Gasteiger partial charge in [-0.05, 0) is 70.8 Å². The van der Waals surface area contributed by atoms with Crippen LogP contribution in [-0.4, -0.2) is 0 Å². The average Bonchev–Trinajstić information content (AvgIpc) is 2.71. The van der Waals surface area contributed by atoms with E-state index in [9.17, 15) is 8.78 Å². The van der Waals surface area contributed by atoms with Gasteiger partial charge in [0, 0.05) is 8.95 Å². The first-order chi connectivity index (χ1) is 13.5. The summed E-state index contributed by atoms with van der Waals surface area (Å²) in [6.07, 6.45) is 0. The minimum absolute atomic E-state index is 0.268. The van der Waals surface area contributed by atoms with Crippen LogP contribution < -0.4 is 0 Å². The van der Waals surface area contributed by atoms with E-state index < -0.39 is 0 Å². The lowest BCUT2D eigenvalue weighted by molar-refractivity contribution is 0.627. The van der Waals surface area contributed by atoms with Gasteiger partial charge in [-0.3, -0.25) is 0 Å². The lowest BCUT2D eigenvalue weighted by Crippen LogP contribution is -1.79. The highest BCUT2D eigenvalue weighted by atomic mass is 79.9. The van der Waals surface area contributed by atoms with Crippen LogP contribution in [0.5, 0.6) is 0 Å². The van der Waals surface area contributed by atoms with Crippen molar-refractivity contribution in [3.8, 4) is 22.3 Å². The topological polar surface area (TPSA) is 0 Å². The first-order valence-corrected chi connectivity index (χ1v) is 10.1. The van der Waals surface area contributed by atoms with Crippen molar-refractivity contribution in [2.75, 3.05) is 0 Å². The molecule has 0 saturated heterocycles. The lowest BCUT2D eigenvalue weighted by Gasteiger charge is -2.01. The van der Waals surface area contributed by atoms with Gasteiger partial charge in [-0.25, -0.2) is 8.78 Å². The monoisotopic (exact) mass is 500 g/mol. The van der Waals surface area contributed by atoms with Crippen molar-refractivity contribution >= 4 is 31.9 Å². The van der Waals surface area contributed by atoms with Crippen LogP contribution >= 0.6 is 31.9 Å². The van der Waals surface area contributed by atoms with Crippen LogP contribution in [0.3, 0.4) is 0 Å². The molecule has 0 amide bonds. The maximum Gasteiger partial charge on any atom is 0.123 e. The molecule has 28 heavy (non-hydrogen) atoms. The Morgan fingerprint density at radius 2 is 0.571 bits per heavy atom. The molecule has 0 saturated carbocycles. The van der Waals surface area contributed by atoms with Crippen LogP contribution in [0.2, 0.25) is 0 Å². The molecule has 0 aliphatic heterocycles. The van der Waals surface area contributed by atoms with Crippen molar-refractivity contribution in [1.82, 2.24) is 0 Å². The molecule has 0 aliphatic rings. The van der Waals surface area contributed by atoms with E-state index in [1.165, 1.54) is 35.4 Å². The van der Waals surface area contributed by atoms with Crippen LogP contribution in [0, 0.1) is 11.6 Å². The Bertz CT molecular complexity index is 834. The molecule has 0 fully saturated rings. The highest BCUT2D eigenvalue weighted by molar-refractivity contribution is 9.10. The Labute approximate surface area is 180 Å². The first kappa shape index (κ1) is 20.4. The molecule has 0 atom stereocenters. The zero-order valence-corrected chi connectivity index (χ0v) is 17.9. The highest BCUT2D eigenvalue weighted by Gasteiger charge is 1.98. The second-order valence-electron chi connectivity index (χ2n) is 6.03. The maximum atomic E-state index is 12.6. The summed E-state index contributed by atoms with van der Waals surface area (Å²) in [4.78, 5) is 0. The van der Waals surface area contributed by atoms with E-state index in [0.29, 0.717) is 0 Å². The smallest absolute Gasteiger partial charge is 0.123 e. The second kappa shape index (κ2) is 9.76. The molecular weight excluding hydrogens is 486 g/mol. The van der Waals surface area contributed by atoms with E-state index in [1.807, 2.05) is 0 Å². The molecule has 4 heteroatoms. The molecule has 4 aromatic rings. The third kappa shape index (κ3) is 5.85. The van der Waals surface area contributed by atoms with Gasteiger partial charge in [0.25, 0.3) is 0 Å². The summed E-state index contributed by atoms with van der Waals surface area (Å²) in [5.41, 5.74) is 4.24. The molecule has 140 valence electrons. The number of rotatable bonds is 2.